The molecule has 1 saturated heterocycles. The maximum atomic E-state index is 13.0. The monoisotopic (exact) mass is 441 g/mol. The van der Waals surface area contributed by atoms with Gasteiger partial charge >= 0.3 is 6.03 Å². The first-order valence-corrected chi connectivity index (χ1v) is 11.6. The molecule has 3 amide bonds. The molecule has 2 N–H and O–H groups in total. The van der Waals surface area contributed by atoms with Gasteiger partial charge in [0.15, 0.2) is 0 Å². The molecule has 4 rings (SSSR count). The highest BCUT2D eigenvalue weighted by Gasteiger charge is 2.34. The molecule has 0 radical (unpaired) electrons. The maximum absolute atomic E-state index is 13.0. The topological polar surface area (TPSA) is 61.4 Å². The van der Waals surface area contributed by atoms with Crippen LogP contribution in [-0.2, 0) is 4.79 Å². The first-order valence-electron chi connectivity index (χ1n) is 11.6. The minimum atomic E-state index is -0.428. The Morgan fingerprint density at radius 2 is 1.52 bits per heavy atom. The van der Waals surface area contributed by atoms with E-state index in [0.29, 0.717) is 19.5 Å². The Morgan fingerprint density at radius 1 is 0.909 bits per heavy atom. The zero-order valence-electron chi connectivity index (χ0n) is 19.0. The van der Waals surface area contributed by atoms with Gasteiger partial charge < -0.3 is 15.5 Å². The fraction of sp³-hybridized carbons (Fsp3) is 0.286. The van der Waals surface area contributed by atoms with Gasteiger partial charge in [0.25, 0.3) is 0 Å². The van der Waals surface area contributed by atoms with Gasteiger partial charge in [0.2, 0.25) is 5.91 Å². The second-order valence-electron chi connectivity index (χ2n) is 8.60. The summed E-state index contributed by atoms with van der Waals surface area (Å²) in [5, 5.41) is 6.01. The van der Waals surface area contributed by atoms with Crippen LogP contribution in [-0.4, -0.2) is 36.0 Å². The van der Waals surface area contributed by atoms with Crippen molar-refractivity contribution >= 4 is 17.6 Å². The Morgan fingerprint density at radius 3 is 2.12 bits per heavy atom. The molecular formula is C28H31N3O2. The lowest BCUT2D eigenvalue weighted by atomic mass is 9.88. The standard InChI is InChI=1S/C28H31N3O2/c1-21-14-16-24(17-15-21)30-28(33)31-20-8-13-26(31)27(32)29-19-18-25(22-9-4-2-5-10-22)23-11-6-3-7-12-23/h2-7,9-12,14-17,25-26H,8,13,18-20H2,1H3,(H,29,32)(H,30,33). The van der Waals surface area contributed by atoms with Crippen LogP contribution in [0.15, 0.2) is 84.9 Å². The fourth-order valence-electron chi connectivity index (χ4n) is 4.47. The average Bonchev–Trinajstić information content (AvgIpc) is 3.35. The van der Waals surface area contributed by atoms with E-state index in [2.05, 4.69) is 34.9 Å². The SMILES string of the molecule is Cc1ccc(NC(=O)N2CCCC2C(=O)NCCC(c2ccccc2)c2ccccc2)cc1. The number of carbonyl (C=O) groups is 2. The number of anilines is 1. The summed E-state index contributed by atoms with van der Waals surface area (Å²) in [6.45, 7) is 3.15. The Balaban J connectivity index is 1.36. The zero-order chi connectivity index (χ0) is 23.0. The number of benzene rings is 3. The number of urea groups is 1. The molecule has 0 saturated carbocycles. The summed E-state index contributed by atoms with van der Waals surface area (Å²) in [6, 6.07) is 27.8. The van der Waals surface area contributed by atoms with E-state index in [-0.39, 0.29) is 17.9 Å². The van der Waals surface area contributed by atoms with Gasteiger partial charge in [-0.05, 0) is 49.4 Å². The van der Waals surface area contributed by atoms with E-state index in [1.54, 1.807) is 4.90 Å². The molecule has 0 spiro atoms. The maximum Gasteiger partial charge on any atom is 0.322 e. The molecule has 3 aromatic carbocycles. The lowest BCUT2D eigenvalue weighted by molar-refractivity contribution is -0.124. The summed E-state index contributed by atoms with van der Waals surface area (Å²) in [4.78, 5) is 27.4. The second kappa shape index (κ2) is 10.8. The van der Waals surface area contributed by atoms with E-state index in [4.69, 9.17) is 0 Å². The number of likely N-dealkylation sites (tertiary alicyclic amines) is 1. The van der Waals surface area contributed by atoms with Crippen molar-refractivity contribution in [1.29, 1.82) is 0 Å². The molecule has 1 aliphatic rings. The minimum absolute atomic E-state index is 0.0774. The van der Waals surface area contributed by atoms with Crippen LogP contribution in [0.2, 0.25) is 0 Å². The van der Waals surface area contributed by atoms with Gasteiger partial charge in [-0.2, -0.15) is 0 Å². The van der Waals surface area contributed by atoms with Crippen LogP contribution < -0.4 is 10.6 Å². The van der Waals surface area contributed by atoms with Gasteiger partial charge in [-0.1, -0.05) is 78.4 Å². The van der Waals surface area contributed by atoms with E-state index in [1.807, 2.05) is 67.6 Å². The number of nitrogens with one attached hydrogen (secondary N) is 2. The van der Waals surface area contributed by atoms with Crippen molar-refractivity contribution in [1.82, 2.24) is 10.2 Å². The van der Waals surface area contributed by atoms with Crippen molar-refractivity contribution < 1.29 is 9.59 Å². The predicted octanol–water partition coefficient (Wildman–Crippen LogP) is 5.33. The van der Waals surface area contributed by atoms with Crippen molar-refractivity contribution in [3.63, 3.8) is 0 Å². The highest BCUT2D eigenvalue weighted by atomic mass is 16.2. The molecule has 0 aliphatic carbocycles. The summed E-state index contributed by atoms with van der Waals surface area (Å²) in [5.74, 6) is 0.128. The van der Waals surface area contributed by atoms with Gasteiger partial charge in [-0.25, -0.2) is 4.79 Å². The molecule has 1 unspecified atom stereocenters. The van der Waals surface area contributed by atoms with Crippen molar-refractivity contribution in [3.8, 4) is 0 Å². The summed E-state index contributed by atoms with van der Waals surface area (Å²) in [7, 11) is 0. The number of rotatable bonds is 7. The normalized spacial score (nSPS) is 15.5. The molecule has 1 fully saturated rings. The third kappa shape index (κ3) is 5.80. The molecule has 170 valence electrons. The van der Waals surface area contributed by atoms with Crippen LogP contribution in [0.5, 0.6) is 0 Å². The van der Waals surface area contributed by atoms with E-state index in [9.17, 15) is 9.59 Å². The minimum Gasteiger partial charge on any atom is -0.354 e. The van der Waals surface area contributed by atoms with E-state index >= 15 is 0 Å². The van der Waals surface area contributed by atoms with Crippen LogP contribution in [0.3, 0.4) is 0 Å². The second-order valence-corrected chi connectivity index (χ2v) is 8.60. The summed E-state index contributed by atoms with van der Waals surface area (Å²) in [5.41, 5.74) is 4.34. The predicted molar refractivity (Wildman–Crippen MR) is 132 cm³/mol. The van der Waals surface area contributed by atoms with Crippen LogP contribution in [0, 0.1) is 6.92 Å². The molecule has 5 heteroatoms. The molecule has 5 nitrogen and oxygen atoms in total. The highest BCUT2D eigenvalue weighted by molar-refractivity contribution is 5.94. The van der Waals surface area contributed by atoms with Crippen LogP contribution in [0.25, 0.3) is 0 Å². The van der Waals surface area contributed by atoms with E-state index in [1.165, 1.54) is 11.1 Å². The Bertz CT molecular complexity index is 1010. The van der Waals surface area contributed by atoms with Crippen molar-refractivity contribution in [2.75, 3.05) is 18.4 Å². The average molecular weight is 442 g/mol. The molecule has 1 aliphatic heterocycles. The highest BCUT2D eigenvalue weighted by Crippen LogP contribution is 2.27. The molecule has 1 atom stereocenters. The molecule has 33 heavy (non-hydrogen) atoms. The molecule has 3 aromatic rings. The number of aryl methyl sites for hydroxylation is 1. The quantitative estimate of drug-likeness (QED) is 0.521. The first kappa shape index (κ1) is 22.6. The Kier molecular flexibility index (Phi) is 7.40. The zero-order valence-corrected chi connectivity index (χ0v) is 19.0. The molecule has 0 aromatic heterocycles. The summed E-state index contributed by atoms with van der Waals surface area (Å²) in [6.07, 6.45) is 2.31. The number of amides is 3. The Labute approximate surface area is 195 Å². The largest absolute Gasteiger partial charge is 0.354 e. The van der Waals surface area contributed by atoms with Crippen LogP contribution in [0.4, 0.5) is 10.5 Å². The summed E-state index contributed by atoms with van der Waals surface area (Å²) < 4.78 is 0. The van der Waals surface area contributed by atoms with E-state index in [0.717, 1.165) is 24.1 Å². The number of carbonyl (C=O) groups excluding carboxylic acids is 2. The van der Waals surface area contributed by atoms with Crippen molar-refractivity contribution in [3.05, 3.63) is 102 Å². The van der Waals surface area contributed by atoms with Gasteiger partial charge in [0, 0.05) is 24.7 Å². The lowest BCUT2D eigenvalue weighted by Gasteiger charge is -2.25. The number of hydrogen-bond acceptors (Lipinski definition) is 2. The van der Waals surface area contributed by atoms with Gasteiger partial charge in [0.05, 0.1) is 0 Å². The lowest BCUT2D eigenvalue weighted by Crippen LogP contribution is -2.47. The van der Waals surface area contributed by atoms with Gasteiger partial charge in [-0.15, -0.1) is 0 Å². The van der Waals surface area contributed by atoms with E-state index < -0.39 is 6.04 Å². The van der Waals surface area contributed by atoms with Gasteiger partial charge in [0.1, 0.15) is 6.04 Å². The van der Waals surface area contributed by atoms with Crippen LogP contribution in [0.1, 0.15) is 41.9 Å². The summed E-state index contributed by atoms with van der Waals surface area (Å²) >= 11 is 0. The van der Waals surface area contributed by atoms with Gasteiger partial charge in [-0.3, -0.25) is 4.79 Å². The third-order valence-corrected chi connectivity index (χ3v) is 6.26. The van der Waals surface area contributed by atoms with Crippen molar-refractivity contribution in [2.45, 2.75) is 38.1 Å². The number of hydrogen-bond donors (Lipinski definition) is 2. The molecule has 0 bridgehead atoms. The molecule has 1 heterocycles. The Hall–Kier alpha value is -3.60. The van der Waals surface area contributed by atoms with Crippen molar-refractivity contribution in [2.24, 2.45) is 0 Å². The first-order chi connectivity index (χ1) is 16.1. The third-order valence-electron chi connectivity index (χ3n) is 6.26. The van der Waals surface area contributed by atoms with Crippen LogP contribution >= 0.6 is 0 Å². The fourth-order valence-corrected chi connectivity index (χ4v) is 4.47. The smallest absolute Gasteiger partial charge is 0.322 e. The molecular weight excluding hydrogens is 410 g/mol. The number of nitrogens with zero attached hydrogens (tertiary/aromatic N) is 1.